The highest BCUT2D eigenvalue weighted by molar-refractivity contribution is 7.13. The Bertz CT molecular complexity index is 724. The fraction of sp³-hybridized carbons (Fsp3) is 0.333. The number of aromatic nitrogens is 4. The first-order valence-electron chi connectivity index (χ1n) is 7.09. The lowest BCUT2D eigenvalue weighted by molar-refractivity contribution is 0.376. The molecule has 0 aliphatic heterocycles. The van der Waals surface area contributed by atoms with E-state index in [0.717, 1.165) is 28.6 Å². The van der Waals surface area contributed by atoms with Crippen LogP contribution in [0.1, 0.15) is 24.3 Å². The summed E-state index contributed by atoms with van der Waals surface area (Å²) in [6, 6.07) is 6.12. The van der Waals surface area contributed by atoms with E-state index in [0.29, 0.717) is 18.4 Å². The molecule has 3 rings (SSSR count). The fourth-order valence-electron chi connectivity index (χ4n) is 1.97. The Morgan fingerprint density at radius 3 is 3.00 bits per heavy atom. The minimum absolute atomic E-state index is 0.320. The van der Waals surface area contributed by atoms with Crippen molar-refractivity contribution in [3.63, 3.8) is 0 Å². The molecule has 0 aromatic carbocycles. The van der Waals surface area contributed by atoms with Crippen LogP contribution in [0.25, 0.3) is 10.7 Å². The van der Waals surface area contributed by atoms with Crippen LogP contribution in [-0.4, -0.2) is 33.2 Å². The maximum absolute atomic E-state index is 5.29. The molecule has 3 aromatic rings. The lowest BCUT2D eigenvalue weighted by Crippen LogP contribution is -2.24. The SMILES string of the molecule is CNC(C)Cc1noc(Cc2csc(-c3ccccn3)n2)n1. The third-order valence-corrected chi connectivity index (χ3v) is 4.17. The van der Waals surface area contributed by atoms with E-state index in [-0.39, 0.29) is 0 Å². The van der Waals surface area contributed by atoms with E-state index in [1.807, 2.05) is 30.6 Å². The Labute approximate surface area is 132 Å². The second-order valence-corrected chi connectivity index (χ2v) is 5.89. The maximum Gasteiger partial charge on any atom is 0.232 e. The highest BCUT2D eigenvalue weighted by Crippen LogP contribution is 2.22. The monoisotopic (exact) mass is 315 g/mol. The van der Waals surface area contributed by atoms with Crippen molar-refractivity contribution in [2.45, 2.75) is 25.8 Å². The highest BCUT2D eigenvalue weighted by atomic mass is 32.1. The first-order chi connectivity index (χ1) is 10.7. The minimum Gasteiger partial charge on any atom is -0.339 e. The Morgan fingerprint density at radius 2 is 2.23 bits per heavy atom. The zero-order valence-electron chi connectivity index (χ0n) is 12.5. The molecule has 0 bridgehead atoms. The molecule has 114 valence electrons. The Balaban J connectivity index is 1.68. The highest BCUT2D eigenvalue weighted by Gasteiger charge is 2.12. The van der Waals surface area contributed by atoms with Crippen LogP contribution < -0.4 is 5.32 Å². The van der Waals surface area contributed by atoms with E-state index < -0.39 is 0 Å². The average Bonchev–Trinajstić information content (AvgIpc) is 3.18. The lowest BCUT2D eigenvalue weighted by atomic mass is 10.2. The van der Waals surface area contributed by atoms with E-state index in [1.165, 1.54) is 0 Å². The van der Waals surface area contributed by atoms with Gasteiger partial charge in [-0.2, -0.15) is 4.98 Å². The van der Waals surface area contributed by atoms with Crippen molar-refractivity contribution in [2.75, 3.05) is 7.05 Å². The van der Waals surface area contributed by atoms with Gasteiger partial charge in [0, 0.05) is 24.0 Å². The summed E-state index contributed by atoms with van der Waals surface area (Å²) in [5.74, 6) is 1.31. The molecule has 3 heterocycles. The Hall–Kier alpha value is -2.12. The molecule has 0 amide bonds. The first-order valence-corrected chi connectivity index (χ1v) is 7.97. The number of nitrogens with one attached hydrogen (secondary N) is 1. The number of pyridine rings is 1. The topological polar surface area (TPSA) is 76.7 Å². The standard InChI is InChI=1S/C15H17N5OS/c1-10(16-2)7-13-19-14(21-20-13)8-11-9-22-15(18-11)12-5-3-4-6-17-12/h3-6,9-10,16H,7-8H2,1-2H3. The number of nitrogens with zero attached hydrogens (tertiary/aromatic N) is 4. The quantitative estimate of drug-likeness (QED) is 0.752. The van der Waals surface area contributed by atoms with Crippen molar-refractivity contribution in [3.05, 3.63) is 47.2 Å². The van der Waals surface area contributed by atoms with Crippen LogP contribution >= 0.6 is 11.3 Å². The molecule has 7 heteroatoms. The summed E-state index contributed by atoms with van der Waals surface area (Å²) in [6.45, 7) is 2.08. The van der Waals surface area contributed by atoms with Gasteiger partial charge in [-0.05, 0) is 26.1 Å². The third kappa shape index (κ3) is 3.55. The zero-order chi connectivity index (χ0) is 15.4. The first kappa shape index (κ1) is 14.8. The molecular weight excluding hydrogens is 298 g/mol. The molecule has 1 unspecified atom stereocenters. The molecule has 0 spiro atoms. The molecule has 0 fully saturated rings. The maximum atomic E-state index is 5.29. The van der Waals surface area contributed by atoms with Crippen molar-refractivity contribution in [1.29, 1.82) is 0 Å². The van der Waals surface area contributed by atoms with Gasteiger partial charge in [-0.15, -0.1) is 11.3 Å². The lowest BCUT2D eigenvalue weighted by Gasteiger charge is -2.04. The molecule has 0 radical (unpaired) electrons. The summed E-state index contributed by atoms with van der Waals surface area (Å²) in [6.07, 6.45) is 3.06. The van der Waals surface area contributed by atoms with Gasteiger partial charge in [0.25, 0.3) is 0 Å². The van der Waals surface area contributed by atoms with Crippen molar-refractivity contribution in [1.82, 2.24) is 25.4 Å². The summed E-state index contributed by atoms with van der Waals surface area (Å²) in [5, 5.41) is 10.1. The van der Waals surface area contributed by atoms with Gasteiger partial charge in [-0.25, -0.2) is 4.98 Å². The van der Waals surface area contributed by atoms with Gasteiger partial charge in [-0.3, -0.25) is 4.98 Å². The summed E-state index contributed by atoms with van der Waals surface area (Å²) >= 11 is 1.57. The molecule has 1 N–H and O–H groups in total. The molecule has 3 aromatic heterocycles. The van der Waals surface area contributed by atoms with Gasteiger partial charge in [-0.1, -0.05) is 11.2 Å². The van der Waals surface area contributed by atoms with Gasteiger partial charge in [0.2, 0.25) is 5.89 Å². The van der Waals surface area contributed by atoms with Gasteiger partial charge in [0.1, 0.15) is 5.01 Å². The largest absolute Gasteiger partial charge is 0.339 e. The summed E-state index contributed by atoms with van der Waals surface area (Å²) in [5.41, 5.74) is 1.80. The van der Waals surface area contributed by atoms with E-state index in [9.17, 15) is 0 Å². The molecule has 6 nitrogen and oxygen atoms in total. The second-order valence-electron chi connectivity index (χ2n) is 5.03. The van der Waals surface area contributed by atoms with Gasteiger partial charge in [0.05, 0.1) is 17.8 Å². The van der Waals surface area contributed by atoms with Gasteiger partial charge >= 0.3 is 0 Å². The molecule has 0 saturated carbocycles. The summed E-state index contributed by atoms with van der Waals surface area (Å²) in [7, 11) is 1.92. The second kappa shape index (κ2) is 6.76. The number of rotatable bonds is 6. The molecule has 1 atom stereocenters. The Kier molecular flexibility index (Phi) is 4.55. The Morgan fingerprint density at radius 1 is 1.32 bits per heavy atom. The van der Waals surface area contributed by atoms with Crippen LogP contribution in [0.2, 0.25) is 0 Å². The van der Waals surface area contributed by atoms with Crippen LogP contribution in [0.3, 0.4) is 0 Å². The molecule has 0 aliphatic carbocycles. The summed E-state index contributed by atoms with van der Waals surface area (Å²) < 4.78 is 5.29. The zero-order valence-corrected chi connectivity index (χ0v) is 13.3. The third-order valence-electron chi connectivity index (χ3n) is 3.26. The fourth-order valence-corrected chi connectivity index (χ4v) is 2.77. The minimum atomic E-state index is 0.320. The summed E-state index contributed by atoms with van der Waals surface area (Å²) in [4.78, 5) is 13.3. The van der Waals surface area contributed by atoms with Crippen LogP contribution in [0.4, 0.5) is 0 Å². The van der Waals surface area contributed by atoms with Crippen molar-refractivity contribution >= 4 is 11.3 Å². The van der Waals surface area contributed by atoms with Gasteiger partial charge in [0.15, 0.2) is 5.82 Å². The normalized spacial score (nSPS) is 12.5. The molecule has 0 saturated heterocycles. The average molecular weight is 315 g/mol. The van der Waals surface area contributed by atoms with Crippen LogP contribution in [-0.2, 0) is 12.8 Å². The number of hydrogen-bond donors (Lipinski definition) is 1. The number of hydrogen-bond acceptors (Lipinski definition) is 7. The van der Waals surface area contributed by atoms with E-state index >= 15 is 0 Å². The molecular formula is C15H17N5OS. The van der Waals surface area contributed by atoms with Crippen molar-refractivity contribution in [2.24, 2.45) is 0 Å². The van der Waals surface area contributed by atoms with Crippen LogP contribution in [0, 0.1) is 0 Å². The smallest absolute Gasteiger partial charge is 0.232 e. The number of likely N-dealkylation sites (N-methyl/N-ethyl adjacent to an activating group) is 1. The van der Waals surface area contributed by atoms with E-state index in [2.05, 4.69) is 32.3 Å². The van der Waals surface area contributed by atoms with E-state index in [1.54, 1.807) is 17.5 Å². The van der Waals surface area contributed by atoms with E-state index in [4.69, 9.17) is 4.52 Å². The van der Waals surface area contributed by atoms with Gasteiger partial charge < -0.3 is 9.84 Å². The molecule has 22 heavy (non-hydrogen) atoms. The predicted octanol–water partition coefficient (Wildman–Crippen LogP) is 2.33. The van der Waals surface area contributed by atoms with Crippen LogP contribution in [0.5, 0.6) is 0 Å². The predicted molar refractivity (Wildman–Crippen MR) is 84.7 cm³/mol. The van der Waals surface area contributed by atoms with Crippen LogP contribution in [0.15, 0.2) is 34.3 Å². The van der Waals surface area contributed by atoms with Crippen molar-refractivity contribution < 1.29 is 4.52 Å². The number of thiazole rings is 1. The van der Waals surface area contributed by atoms with Crippen molar-refractivity contribution in [3.8, 4) is 10.7 Å². The molecule has 0 aliphatic rings.